The highest BCUT2D eigenvalue weighted by molar-refractivity contribution is 6.09. The van der Waals surface area contributed by atoms with Gasteiger partial charge in [0.05, 0.1) is 0 Å². The van der Waals surface area contributed by atoms with Crippen molar-refractivity contribution in [3.05, 3.63) is 0 Å². The fourth-order valence-electron chi connectivity index (χ4n) is 4.77. The molecule has 4 atom stereocenters. The van der Waals surface area contributed by atoms with Gasteiger partial charge in [0.2, 0.25) is 5.91 Å². The summed E-state index contributed by atoms with van der Waals surface area (Å²) in [5.74, 6) is -0.195. The molecule has 3 rings (SSSR count). The van der Waals surface area contributed by atoms with Gasteiger partial charge in [0.1, 0.15) is 12.1 Å². The number of piperidine rings is 1. The molecular formula is C18H29N3O3. The number of carbonyl (C=O) groups excluding carboxylic acids is 3. The minimum Gasteiger partial charge on any atom is -0.336 e. The summed E-state index contributed by atoms with van der Waals surface area (Å²) in [6.45, 7) is 5.99. The summed E-state index contributed by atoms with van der Waals surface area (Å²) in [5.41, 5.74) is -0.783. The SMILES string of the molecule is CC1CCCC(C)N1C(=O)CN1C(=O)NC2(CCCCC2C)C1=O. The standard InChI is InChI=1S/C18H29N3O3/c1-12-7-4-5-10-18(12)16(23)20(17(24)19-18)11-15(22)21-13(2)8-6-9-14(21)3/h12-14H,4-11H2,1-3H3,(H,19,24). The van der Waals surface area contributed by atoms with E-state index in [2.05, 4.69) is 5.32 Å². The van der Waals surface area contributed by atoms with Crippen molar-refractivity contribution in [1.82, 2.24) is 15.1 Å². The summed E-state index contributed by atoms with van der Waals surface area (Å²) >= 11 is 0. The molecular weight excluding hydrogens is 306 g/mol. The smallest absolute Gasteiger partial charge is 0.325 e. The van der Waals surface area contributed by atoms with Gasteiger partial charge in [-0.25, -0.2) is 4.79 Å². The van der Waals surface area contributed by atoms with Crippen molar-refractivity contribution < 1.29 is 14.4 Å². The Morgan fingerprint density at radius 2 is 1.75 bits per heavy atom. The zero-order chi connectivity index (χ0) is 17.5. The summed E-state index contributed by atoms with van der Waals surface area (Å²) in [6.07, 6.45) is 6.74. The number of urea groups is 1. The number of hydrogen-bond donors (Lipinski definition) is 1. The van der Waals surface area contributed by atoms with E-state index in [0.29, 0.717) is 6.42 Å². The van der Waals surface area contributed by atoms with Crippen LogP contribution in [0.3, 0.4) is 0 Å². The minimum absolute atomic E-state index is 0.112. The number of amides is 4. The van der Waals surface area contributed by atoms with Gasteiger partial charge in [-0.15, -0.1) is 0 Å². The highest BCUT2D eigenvalue weighted by Crippen LogP contribution is 2.38. The van der Waals surface area contributed by atoms with Crippen LogP contribution in [0.4, 0.5) is 4.79 Å². The van der Waals surface area contributed by atoms with Gasteiger partial charge in [-0.05, 0) is 51.9 Å². The molecule has 6 nitrogen and oxygen atoms in total. The molecule has 3 fully saturated rings. The van der Waals surface area contributed by atoms with Crippen LogP contribution < -0.4 is 5.32 Å². The molecule has 4 amide bonds. The van der Waals surface area contributed by atoms with E-state index in [0.717, 1.165) is 43.4 Å². The molecule has 2 saturated heterocycles. The van der Waals surface area contributed by atoms with Gasteiger partial charge in [-0.1, -0.05) is 19.8 Å². The maximum Gasteiger partial charge on any atom is 0.325 e. The van der Waals surface area contributed by atoms with Gasteiger partial charge < -0.3 is 10.2 Å². The molecule has 0 aromatic rings. The number of hydrogen-bond acceptors (Lipinski definition) is 3. The van der Waals surface area contributed by atoms with Crippen molar-refractivity contribution in [3.8, 4) is 0 Å². The first-order valence-corrected chi connectivity index (χ1v) is 9.32. The van der Waals surface area contributed by atoms with Crippen LogP contribution in [0.15, 0.2) is 0 Å². The Morgan fingerprint density at radius 1 is 1.08 bits per heavy atom. The van der Waals surface area contributed by atoms with Crippen LogP contribution in [0.25, 0.3) is 0 Å². The second-order valence-electron chi connectivity index (χ2n) is 7.87. The lowest BCUT2D eigenvalue weighted by molar-refractivity contribution is -0.143. The van der Waals surface area contributed by atoms with Crippen LogP contribution in [0.5, 0.6) is 0 Å². The summed E-state index contributed by atoms with van der Waals surface area (Å²) in [7, 11) is 0. The van der Waals surface area contributed by atoms with Gasteiger partial charge in [0.15, 0.2) is 0 Å². The molecule has 2 heterocycles. The van der Waals surface area contributed by atoms with Crippen molar-refractivity contribution in [3.63, 3.8) is 0 Å². The Bertz CT molecular complexity index is 540. The summed E-state index contributed by atoms with van der Waals surface area (Å²) in [6, 6.07) is -0.0615. The number of rotatable bonds is 2. The maximum atomic E-state index is 13.0. The van der Waals surface area contributed by atoms with Crippen molar-refractivity contribution in [2.24, 2.45) is 5.92 Å². The number of carbonyl (C=O) groups is 3. The zero-order valence-electron chi connectivity index (χ0n) is 15.0. The largest absolute Gasteiger partial charge is 0.336 e. The molecule has 134 valence electrons. The first kappa shape index (κ1) is 17.2. The van der Waals surface area contributed by atoms with Gasteiger partial charge in [-0.3, -0.25) is 14.5 Å². The molecule has 1 aliphatic carbocycles. The van der Waals surface area contributed by atoms with Crippen LogP contribution in [0, 0.1) is 5.92 Å². The predicted octanol–water partition coefficient (Wildman–Crippen LogP) is 2.28. The number of imide groups is 1. The zero-order valence-corrected chi connectivity index (χ0v) is 15.0. The predicted molar refractivity (Wildman–Crippen MR) is 90.2 cm³/mol. The minimum atomic E-state index is -0.783. The molecule has 6 heteroatoms. The van der Waals surface area contributed by atoms with Crippen molar-refractivity contribution >= 4 is 17.8 Å². The monoisotopic (exact) mass is 335 g/mol. The molecule has 24 heavy (non-hydrogen) atoms. The molecule has 0 bridgehead atoms. The molecule has 1 N–H and O–H groups in total. The lowest BCUT2D eigenvalue weighted by Gasteiger charge is -2.40. The lowest BCUT2D eigenvalue weighted by atomic mass is 9.73. The summed E-state index contributed by atoms with van der Waals surface area (Å²) in [4.78, 5) is 41.1. The molecule has 4 unspecified atom stereocenters. The summed E-state index contributed by atoms with van der Waals surface area (Å²) < 4.78 is 0. The van der Waals surface area contributed by atoms with Crippen LogP contribution in [0.1, 0.15) is 65.7 Å². The molecule has 0 aromatic heterocycles. The van der Waals surface area contributed by atoms with Gasteiger partial charge >= 0.3 is 6.03 Å². The third-order valence-electron chi connectivity index (χ3n) is 6.28. The second-order valence-corrected chi connectivity index (χ2v) is 7.87. The van der Waals surface area contributed by atoms with Gasteiger partial charge in [0.25, 0.3) is 5.91 Å². The quantitative estimate of drug-likeness (QED) is 0.787. The first-order chi connectivity index (χ1) is 11.4. The molecule has 2 aliphatic heterocycles. The Kier molecular flexibility index (Phi) is 4.58. The first-order valence-electron chi connectivity index (χ1n) is 9.32. The average molecular weight is 335 g/mol. The van der Waals surface area contributed by atoms with Gasteiger partial charge in [0, 0.05) is 12.1 Å². The third kappa shape index (κ3) is 2.70. The van der Waals surface area contributed by atoms with E-state index >= 15 is 0 Å². The highest BCUT2D eigenvalue weighted by Gasteiger charge is 2.55. The molecule has 1 spiro atoms. The molecule has 3 aliphatic rings. The van der Waals surface area contributed by atoms with E-state index in [-0.39, 0.29) is 36.4 Å². The number of likely N-dealkylation sites (tertiary alicyclic amines) is 1. The third-order valence-corrected chi connectivity index (χ3v) is 6.28. The lowest BCUT2D eigenvalue weighted by Crippen LogP contribution is -2.55. The fraction of sp³-hybridized carbons (Fsp3) is 0.833. The van der Waals surface area contributed by atoms with Crippen LogP contribution >= 0.6 is 0 Å². The van der Waals surface area contributed by atoms with Crippen LogP contribution in [-0.4, -0.2) is 51.8 Å². The summed E-state index contributed by atoms with van der Waals surface area (Å²) in [5, 5.41) is 2.92. The number of nitrogens with zero attached hydrogens (tertiary/aromatic N) is 2. The Morgan fingerprint density at radius 3 is 2.38 bits per heavy atom. The van der Waals surface area contributed by atoms with E-state index in [1.54, 1.807) is 0 Å². The molecule has 0 radical (unpaired) electrons. The molecule has 0 aromatic carbocycles. The van der Waals surface area contributed by atoms with E-state index in [1.807, 2.05) is 25.7 Å². The topological polar surface area (TPSA) is 69.7 Å². The average Bonchev–Trinajstić information content (AvgIpc) is 2.75. The van der Waals surface area contributed by atoms with Crippen molar-refractivity contribution in [2.45, 2.75) is 83.3 Å². The van der Waals surface area contributed by atoms with Gasteiger partial charge in [-0.2, -0.15) is 0 Å². The Hall–Kier alpha value is -1.59. The van der Waals surface area contributed by atoms with Crippen molar-refractivity contribution in [1.29, 1.82) is 0 Å². The number of nitrogens with one attached hydrogen (secondary N) is 1. The maximum absolute atomic E-state index is 13.0. The van der Waals surface area contributed by atoms with Crippen LogP contribution in [0.2, 0.25) is 0 Å². The Labute approximate surface area is 143 Å². The van der Waals surface area contributed by atoms with E-state index in [9.17, 15) is 14.4 Å². The fourth-order valence-corrected chi connectivity index (χ4v) is 4.77. The second kappa shape index (κ2) is 6.37. The van der Waals surface area contributed by atoms with Crippen LogP contribution in [-0.2, 0) is 9.59 Å². The highest BCUT2D eigenvalue weighted by atomic mass is 16.2. The Balaban J connectivity index is 1.74. The van der Waals surface area contributed by atoms with E-state index in [1.165, 1.54) is 0 Å². The van der Waals surface area contributed by atoms with Crippen molar-refractivity contribution in [2.75, 3.05) is 6.54 Å². The molecule has 1 saturated carbocycles. The van der Waals surface area contributed by atoms with E-state index in [4.69, 9.17) is 0 Å². The normalized spacial score (nSPS) is 37.0. The van der Waals surface area contributed by atoms with E-state index < -0.39 is 11.6 Å².